The van der Waals surface area contributed by atoms with Crippen LogP contribution < -0.4 is 5.73 Å². The molecular formula is C25H21N. The van der Waals surface area contributed by atoms with Crippen LogP contribution in [-0.2, 0) is 5.41 Å². The third-order valence-electron chi connectivity index (χ3n) is 5.70. The molecule has 1 atom stereocenters. The molecule has 0 spiro atoms. The van der Waals surface area contributed by atoms with Gasteiger partial charge in [-0.15, -0.1) is 0 Å². The summed E-state index contributed by atoms with van der Waals surface area (Å²) >= 11 is 0. The van der Waals surface area contributed by atoms with Crippen LogP contribution in [0.3, 0.4) is 0 Å². The van der Waals surface area contributed by atoms with E-state index in [0.29, 0.717) is 0 Å². The van der Waals surface area contributed by atoms with Gasteiger partial charge in [-0.1, -0.05) is 78.9 Å². The average Bonchev–Trinajstić information content (AvgIpc) is 3.00. The first kappa shape index (κ1) is 15.2. The van der Waals surface area contributed by atoms with Gasteiger partial charge in [-0.2, -0.15) is 0 Å². The predicted octanol–water partition coefficient (Wildman–Crippen LogP) is 5.86. The van der Waals surface area contributed by atoms with Crippen LogP contribution in [0.4, 0.5) is 5.69 Å². The number of rotatable bonds is 2. The molecule has 1 nitrogen and oxygen atoms in total. The quantitative estimate of drug-likeness (QED) is 0.583. The molecule has 1 unspecified atom stereocenters. The third kappa shape index (κ3) is 1.97. The minimum absolute atomic E-state index is 0.266. The van der Waals surface area contributed by atoms with E-state index in [1.54, 1.807) is 0 Å². The number of nitrogen functional groups attached to an aromatic ring is 1. The van der Waals surface area contributed by atoms with E-state index >= 15 is 0 Å². The van der Waals surface area contributed by atoms with E-state index in [9.17, 15) is 0 Å². The van der Waals surface area contributed by atoms with E-state index in [4.69, 9.17) is 5.73 Å². The van der Waals surface area contributed by atoms with Gasteiger partial charge in [0.2, 0.25) is 0 Å². The van der Waals surface area contributed by atoms with Crippen molar-refractivity contribution in [1.29, 1.82) is 0 Å². The summed E-state index contributed by atoms with van der Waals surface area (Å²) in [6.07, 6.45) is 9.24. The first-order valence-electron chi connectivity index (χ1n) is 9.24. The number of nitrogens with two attached hydrogens (primary N) is 1. The Balaban J connectivity index is 1.94. The lowest BCUT2D eigenvalue weighted by Gasteiger charge is -2.35. The molecule has 1 heteroatoms. The van der Waals surface area contributed by atoms with Crippen LogP contribution in [-0.4, -0.2) is 0 Å². The third-order valence-corrected chi connectivity index (χ3v) is 5.70. The Morgan fingerprint density at radius 2 is 1.50 bits per heavy atom. The van der Waals surface area contributed by atoms with E-state index in [2.05, 4.69) is 85.0 Å². The Morgan fingerprint density at radius 1 is 0.731 bits per heavy atom. The average molecular weight is 335 g/mol. The van der Waals surface area contributed by atoms with Gasteiger partial charge >= 0.3 is 0 Å². The number of fused-ring (bicyclic) bond motifs is 3. The van der Waals surface area contributed by atoms with Crippen LogP contribution >= 0.6 is 0 Å². The van der Waals surface area contributed by atoms with E-state index in [1.165, 1.54) is 33.4 Å². The second kappa shape index (κ2) is 5.74. The fraction of sp³-hybridized carbons (Fsp3) is 0.120. The molecule has 2 aliphatic carbocycles. The number of hydrogen-bond donors (Lipinski definition) is 1. The maximum absolute atomic E-state index is 6.17. The van der Waals surface area contributed by atoms with Crippen molar-refractivity contribution in [2.24, 2.45) is 0 Å². The van der Waals surface area contributed by atoms with Crippen molar-refractivity contribution in [3.63, 3.8) is 0 Å². The zero-order valence-electron chi connectivity index (χ0n) is 14.7. The van der Waals surface area contributed by atoms with Gasteiger partial charge in [0.25, 0.3) is 0 Å². The molecule has 3 aromatic rings. The summed E-state index contributed by atoms with van der Waals surface area (Å²) < 4.78 is 0. The van der Waals surface area contributed by atoms with Crippen LogP contribution in [0.1, 0.15) is 29.5 Å². The van der Waals surface area contributed by atoms with E-state index in [0.717, 1.165) is 18.5 Å². The molecule has 0 aliphatic heterocycles. The Bertz CT molecular complexity index is 1040. The predicted molar refractivity (Wildman–Crippen MR) is 109 cm³/mol. The largest absolute Gasteiger partial charge is 0.399 e. The zero-order chi connectivity index (χ0) is 17.6. The zero-order valence-corrected chi connectivity index (χ0v) is 14.7. The van der Waals surface area contributed by atoms with Gasteiger partial charge in [0.05, 0.1) is 5.41 Å². The summed E-state index contributed by atoms with van der Waals surface area (Å²) in [5, 5.41) is 0. The van der Waals surface area contributed by atoms with Crippen molar-refractivity contribution in [3.05, 3.63) is 113 Å². The highest BCUT2D eigenvalue weighted by atomic mass is 14.6. The molecule has 0 heterocycles. The molecule has 26 heavy (non-hydrogen) atoms. The van der Waals surface area contributed by atoms with Gasteiger partial charge in [0.1, 0.15) is 0 Å². The lowest BCUT2D eigenvalue weighted by Crippen LogP contribution is -2.29. The molecule has 0 saturated carbocycles. The van der Waals surface area contributed by atoms with Crippen LogP contribution in [0.2, 0.25) is 0 Å². The highest BCUT2D eigenvalue weighted by Gasteiger charge is 2.46. The van der Waals surface area contributed by atoms with Crippen molar-refractivity contribution in [1.82, 2.24) is 0 Å². The second-order valence-electron chi connectivity index (χ2n) is 7.11. The lowest BCUT2D eigenvalue weighted by molar-refractivity contribution is 0.751. The maximum Gasteiger partial charge on any atom is 0.0710 e. The van der Waals surface area contributed by atoms with Crippen LogP contribution in [0, 0.1) is 0 Å². The Labute approximate surface area is 154 Å². The second-order valence-corrected chi connectivity index (χ2v) is 7.11. The van der Waals surface area contributed by atoms with Crippen molar-refractivity contribution in [2.75, 3.05) is 5.73 Å². The first-order valence-corrected chi connectivity index (χ1v) is 9.24. The fourth-order valence-electron chi connectivity index (χ4n) is 4.67. The van der Waals surface area contributed by atoms with Crippen molar-refractivity contribution in [2.45, 2.75) is 18.3 Å². The molecule has 0 aromatic heterocycles. The number of benzene rings is 3. The molecule has 2 N–H and O–H groups in total. The molecule has 0 fully saturated rings. The normalized spacial score (nSPS) is 20.4. The van der Waals surface area contributed by atoms with Gasteiger partial charge in [-0.05, 0) is 58.4 Å². The maximum atomic E-state index is 6.17. The summed E-state index contributed by atoms with van der Waals surface area (Å²) in [7, 11) is 0. The number of anilines is 1. The monoisotopic (exact) mass is 335 g/mol. The summed E-state index contributed by atoms with van der Waals surface area (Å²) in [4.78, 5) is 0. The van der Waals surface area contributed by atoms with Gasteiger partial charge in [-0.3, -0.25) is 0 Å². The molecule has 0 radical (unpaired) electrons. The molecular weight excluding hydrogens is 314 g/mol. The van der Waals surface area contributed by atoms with E-state index in [1.807, 2.05) is 6.07 Å². The van der Waals surface area contributed by atoms with Crippen molar-refractivity contribution >= 4 is 5.69 Å². The molecule has 5 rings (SSSR count). The van der Waals surface area contributed by atoms with Crippen molar-refractivity contribution in [3.8, 4) is 11.1 Å². The summed E-state index contributed by atoms with van der Waals surface area (Å²) in [6, 6.07) is 26.1. The number of allylic oxidation sites excluding steroid dienone is 4. The SMILES string of the molecule is Nc1ccc2c(c1)-c1ccccc1C2(C1=CCCC=C1)c1ccccc1. The van der Waals surface area contributed by atoms with Crippen molar-refractivity contribution < 1.29 is 0 Å². The lowest BCUT2D eigenvalue weighted by atomic mass is 9.66. The molecule has 126 valence electrons. The molecule has 0 amide bonds. The fourth-order valence-corrected chi connectivity index (χ4v) is 4.67. The Kier molecular flexibility index (Phi) is 3.36. The minimum Gasteiger partial charge on any atom is -0.399 e. The summed E-state index contributed by atoms with van der Waals surface area (Å²) in [5.41, 5.74) is 14.6. The standard InChI is InChI=1S/C25H21N/c26-20-15-16-24-22(17-20)21-13-7-8-14-23(21)25(24,18-9-3-1-4-10-18)19-11-5-2-6-12-19/h1,3-5,7-17H,2,6,26H2. The Hall–Kier alpha value is -3.06. The van der Waals surface area contributed by atoms with Gasteiger partial charge in [0, 0.05) is 5.69 Å². The Morgan fingerprint density at radius 3 is 2.31 bits per heavy atom. The summed E-state index contributed by atoms with van der Waals surface area (Å²) in [6.45, 7) is 0. The van der Waals surface area contributed by atoms with Crippen LogP contribution in [0.25, 0.3) is 11.1 Å². The highest BCUT2D eigenvalue weighted by molar-refractivity contribution is 5.88. The van der Waals surface area contributed by atoms with Gasteiger partial charge in [-0.25, -0.2) is 0 Å². The molecule has 0 bridgehead atoms. The van der Waals surface area contributed by atoms with Crippen LogP contribution in [0.5, 0.6) is 0 Å². The minimum atomic E-state index is -0.266. The smallest absolute Gasteiger partial charge is 0.0710 e. The molecule has 0 saturated heterocycles. The number of hydrogen-bond acceptors (Lipinski definition) is 1. The summed E-state index contributed by atoms with van der Waals surface area (Å²) in [5.74, 6) is 0. The van der Waals surface area contributed by atoms with E-state index < -0.39 is 0 Å². The van der Waals surface area contributed by atoms with E-state index in [-0.39, 0.29) is 5.41 Å². The van der Waals surface area contributed by atoms with Gasteiger partial charge in [0.15, 0.2) is 0 Å². The van der Waals surface area contributed by atoms with Crippen LogP contribution in [0.15, 0.2) is 96.6 Å². The topological polar surface area (TPSA) is 26.0 Å². The van der Waals surface area contributed by atoms with Gasteiger partial charge < -0.3 is 5.73 Å². The molecule has 3 aromatic carbocycles. The first-order chi connectivity index (χ1) is 12.8. The highest BCUT2D eigenvalue weighted by Crippen LogP contribution is 2.57. The molecule has 2 aliphatic rings.